The number of fused-ring (bicyclic) bond motifs is 3. The van der Waals surface area contributed by atoms with Gasteiger partial charge in [-0.25, -0.2) is 4.39 Å². The Balaban J connectivity index is 1.77. The number of amides is 2. The van der Waals surface area contributed by atoms with Gasteiger partial charge in [0.1, 0.15) is 18.0 Å². The summed E-state index contributed by atoms with van der Waals surface area (Å²) in [5.41, 5.74) is 2.04. The first-order valence-corrected chi connectivity index (χ1v) is 13.7. The number of rotatable bonds is 13. The average molecular weight is 569 g/mol. The summed E-state index contributed by atoms with van der Waals surface area (Å²) in [7, 11) is 1.46. The number of unbranched alkanes of at least 4 members (excludes halogenated alkanes) is 2. The highest BCUT2D eigenvalue weighted by molar-refractivity contribution is 5.96. The van der Waals surface area contributed by atoms with Crippen LogP contribution in [0, 0.1) is 5.82 Å². The number of halogens is 1. The molecule has 2 amide bonds. The van der Waals surface area contributed by atoms with E-state index in [0.717, 1.165) is 12.8 Å². The maximum atomic E-state index is 13.6. The Morgan fingerprint density at radius 1 is 1.17 bits per heavy atom. The Labute approximate surface area is 238 Å². The molecule has 4 rings (SSSR count). The number of aliphatic hydroxyl groups excluding tert-OH is 3. The van der Waals surface area contributed by atoms with E-state index in [0.29, 0.717) is 34.6 Å². The normalized spacial score (nSPS) is 20.8. The van der Waals surface area contributed by atoms with Crippen molar-refractivity contribution in [2.24, 2.45) is 0 Å². The van der Waals surface area contributed by atoms with Gasteiger partial charge in [0.15, 0.2) is 11.5 Å². The van der Waals surface area contributed by atoms with Gasteiger partial charge in [0.25, 0.3) is 0 Å². The van der Waals surface area contributed by atoms with Crippen LogP contribution >= 0.6 is 0 Å². The van der Waals surface area contributed by atoms with Crippen molar-refractivity contribution in [3.05, 3.63) is 83.2 Å². The van der Waals surface area contributed by atoms with Crippen LogP contribution in [0.4, 0.5) is 4.39 Å². The fourth-order valence-electron chi connectivity index (χ4n) is 5.47. The summed E-state index contributed by atoms with van der Waals surface area (Å²) in [5, 5.41) is 33.6. The number of hydrogen-bond acceptors (Lipinski definition) is 7. The SMILES string of the molecule is C=CCCCCC(=O)N(Cc1ccc(F)cc1)[C@@H]1C=C(C(=O)NCCO)[C@@H]2c3cc(CO)cc(OC)c3O[C@@H]2[C@H]1O. The minimum atomic E-state index is -1.23. The highest BCUT2D eigenvalue weighted by atomic mass is 19.1. The van der Waals surface area contributed by atoms with Crippen molar-refractivity contribution < 1.29 is 38.8 Å². The number of hydrogen-bond donors (Lipinski definition) is 4. The number of benzene rings is 2. The third-order valence-electron chi connectivity index (χ3n) is 7.49. The van der Waals surface area contributed by atoms with E-state index in [4.69, 9.17) is 9.47 Å². The lowest BCUT2D eigenvalue weighted by Gasteiger charge is -2.41. The molecule has 0 unspecified atom stereocenters. The van der Waals surface area contributed by atoms with Gasteiger partial charge in [-0.15, -0.1) is 6.58 Å². The van der Waals surface area contributed by atoms with Gasteiger partial charge in [-0.2, -0.15) is 0 Å². The van der Waals surface area contributed by atoms with Gasteiger partial charge in [-0.05, 0) is 60.7 Å². The van der Waals surface area contributed by atoms with Crippen LogP contribution in [0.25, 0.3) is 0 Å². The topological polar surface area (TPSA) is 129 Å². The largest absolute Gasteiger partial charge is 0.493 e. The van der Waals surface area contributed by atoms with Crippen molar-refractivity contribution in [3.63, 3.8) is 0 Å². The smallest absolute Gasteiger partial charge is 0.247 e. The number of ether oxygens (including phenoxy) is 2. The van der Waals surface area contributed by atoms with Crippen LogP contribution in [-0.2, 0) is 22.7 Å². The molecule has 10 heteroatoms. The molecular formula is C31H37FN2O7. The van der Waals surface area contributed by atoms with Gasteiger partial charge < -0.3 is 35.0 Å². The van der Waals surface area contributed by atoms with E-state index < -0.39 is 35.9 Å². The Morgan fingerprint density at radius 2 is 1.93 bits per heavy atom. The van der Waals surface area contributed by atoms with Crippen LogP contribution < -0.4 is 14.8 Å². The molecular weight excluding hydrogens is 531 g/mol. The zero-order chi connectivity index (χ0) is 29.5. The second kappa shape index (κ2) is 13.8. The predicted molar refractivity (Wildman–Crippen MR) is 150 cm³/mol. The lowest BCUT2D eigenvalue weighted by Crippen LogP contribution is -2.55. The first kappa shape index (κ1) is 30.2. The van der Waals surface area contributed by atoms with Crippen LogP contribution in [0.3, 0.4) is 0 Å². The average Bonchev–Trinajstić information content (AvgIpc) is 3.37. The Bertz CT molecular complexity index is 1280. The first-order valence-electron chi connectivity index (χ1n) is 13.7. The van der Waals surface area contributed by atoms with Crippen molar-refractivity contribution in [2.45, 2.75) is 63.0 Å². The lowest BCUT2D eigenvalue weighted by atomic mass is 9.77. The molecule has 2 aliphatic rings. The van der Waals surface area contributed by atoms with Gasteiger partial charge in [-0.1, -0.05) is 18.2 Å². The molecule has 4 N–H and O–H groups in total. The number of methoxy groups -OCH3 is 1. The molecule has 41 heavy (non-hydrogen) atoms. The van der Waals surface area contributed by atoms with E-state index in [1.165, 1.54) is 24.1 Å². The molecule has 0 fully saturated rings. The van der Waals surface area contributed by atoms with E-state index >= 15 is 0 Å². The van der Waals surface area contributed by atoms with Gasteiger partial charge in [-0.3, -0.25) is 9.59 Å². The van der Waals surface area contributed by atoms with Gasteiger partial charge in [0, 0.05) is 30.6 Å². The van der Waals surface area contributed by atoms with Crippen molar-refractivity contribution in [2.75, 3.05) is 20.3 Å². The molecule has 0 radical (unpaired) electrons. The van der Waals surface area contributed by atoms with Crippen molar-refractivity contribution in [3.8, 4) is 11.5 Å². The summed E-state index contributed by atoms with van der Waals surface area (Å²) >= 11 is 0. The standard InChI is InChI=1S/C31H37FN2O7/c1-3-4-5-6-7-26(37)34(17-19-8-10-21(32)11-9-19)24-16-23(31(39)33-12-13-35)27-22-14-20(18-36)15-25(40-2)29(22)41-30(27)28(24)38/h3,8-11,14-16,24,27-28,30,35-36,38H,1,4-7,12-13,17-18H2,2H3,(H,33,39)/t24-,27+,28+,30+/m1/s1. The summed E-state index contributed by atoms with van der Waals surface area (Å²) in [6.07, 6.45) is 3.55. The van der Waals surface area contributed by atoms with E-state index in [1.54, 1.807) is 36.4 Å². The van der Waals surface area contributed by atoms with Crippen LogP contribution in [0.1, 0.15) is 48.3 Å². The lowest BCUT2D eigenvalue weighted by molar-refractivity contribution is -0.138. The fourth-order valence-corrected chi connectivity index (χ4v) is 5.47. The van der Waals surface area contributed by atoms with E-state index in [-0.39, 0.29) is 44.2 Å². The summed E-state index contributed by atoms with van der Waals surface area (Å²) in [4.78, 5) is 28.6. The molecule has 220 valence electrons. The van der Waals surface area contributed by atoms with E-state index in [1.807, 2.05) is 0 Å². The maximum Gasteiger partial charge on any atom is 0.247 e. The quantitative estimate of drug-likeness (QED) is 0.216. The van der Waals surface area contributed by atoms with E-state index in [2.05, 4.69) is 11.9 Å². The van der Waals surface area contributed by atoms with Crippen LogP contribution in [0.15, 0.2) is 60.7 Å². The first-order chi connectivity index (χ1) is 19.8. The molecule has 9 nitrogen and oxygen atoms in total. The third kappa shape index (κ3) is 6.61. The number of allylic oxidation sites excluding steroid dienone is 1. The molecule has 2 aromatic rings. The second-order valence-corrected chi connectivity index (χ2v) is 10.2. The fraction of sp³-hybridized carbons (Fsp3) is 0.419. The predicted octanol–water partition coefficient (Wildman–Crippen LogP) is 2.72. The van der Waals surface area contributed by atoms with Gasteiger partial charge >= 0.3 is 0 Å². The summed E-state index contributed by atoms with van der Waals surface area (Å²) in [6.45, 7) is 3.27. The number of nitrogens with one attached hydrogen (secondary N) is 1. The minimum absolute atomic E-state index is 0.00994. The molecule has 2 aromatic carbocycles. The van der Waals surface area contributed by atoms with Crippen LogP contribution in [0.2, 0.25) is 0 Å². The molecule has 0 aromatic heterocycles. The molecule has 0 spiro atoms. The summed E-state index contributed by atoms with van der Waals surface area (Å²) < 4.78 is 25.4. The van der Waals surface area contributed by atoms with E-state index in [9.17, 15) is 29.3 Å². The Hall–Kier alpha value is -3.73. The highest BCUT2D eigenvalue weighted by Crippen LogP contribution is 2.51. The van der Waals surface area contributed by atoms with Crippen LogP contribution in [-0.4, -0.2) is 70.5 Å². The molecule has 1 aliphatic carbocycles. The minimum Gasteiger partial charge on any atom is -0.493 e. The monoisotopic (exact) mass is 568 g/mol. The van der Waals surface area contributed by atoms with Gasteiger partial charge in [0.2, 0.25) is 11.8 Å². The zero-order valence-electron chi connectivity index (χ0n) is 23.1. The zero-order valence-corrected chi connectivity index (χ0v) is 23.1. The number of nitrogens with zero attached hydrogens (tertiary/aromatic N) is 1. The molecule has 0 saturated carbocycles. The van der Waals surface area contributed by atoms with Gasteiger partial charge in [0.05, 0.1) is 32.3 Å². The maximum absolute atomic E-state index is 13.6. The Kier molecular flexibility index (Phi) is 10.1. The number of aliphatic hydroxyl groups is 3. The molecule has 4 atom stereocenters. The number of carbonyl (C=O) groups excluding carboxylic acids is 2. The summed E-state index contributed by atoms with van der Waals surface area (Å²) in [6, 6.07) is 8.16. The molecule has 1 heterocycles. The Morgan fingerprint density at radius 3 is 2.59 bits per heavy atom. The van der Waals surface area contributed by atoms with Crippen molar-refractivity contribution >= 4 is 11.8 Å². The molecule has 0 bridgehead atoms. The second-order valence-electron chi connectivity index (χ2n) is 10.2. The van der Waals surface area contributed by atoms with Crippen LogP contribution in [0.5, 0.6) is 11.5 Å². The highest BCUT2D eigenvalue weighted by Gasteiger charge is 2.51. The molecule has 1 aliphatic heterocycles. The third-order valence-corrected chi connectivity index (χ3v) is 7.49. The summed E-state index contributed by atoms with van der Waals surface area (Å²) in [5.74, 6) is -1.14. The van der Waals surface area contributed by atoms with Crippen molar-refractivity contribution in [1.29, 1.82) is 0 Å². The molecule has 0 saturated heterocycles. The number of carbonyl (C=O) groups is 2. The van der Waals surface area contributed by atoms with Crippen molar-refractivity contribution in [1.82, 2.24) is 10.2 Å².